The Morgan fingerprint density at radius 3 is 1.75 bits per heavy atom. The van der Waals surface area contributed by atoms with Crippen molar-refractivity contribution in [3.05, 3.63) is 0 Å². The molecule has 0 fully saturated rings. The summed E-state index contributed by atoms with van der Waals surface area (Å²) in [5.74, 6) is 0.598. The monoisotopic (exact) mass is 296 g/mol. The van der Waals surface area contributed by atoms with Gasteiger partial charge in [0.1, 0.15) is 12.2 Å². The maximum atomic E-state index is 9.04. The number of hydrogen-bond donors (Lipinski definition) is 5. The molecule has 0 rings (SSSR count). The summed E-state index contributed by atoms with van der Waals surface area (Å²) >= 11 is 0. The lowest BCUT2D eigenvalue weighted by Crippen LogP contribution is -2.21. The fraction of sp³-hybridized carbons (Fsp3) is 1.00. The van der Waals surface area contributed by atoms with Gasteiger partial charge in [0.25, 0.3) is 0 Å². The SMILES string of the molecule is CCCCC(CC)COCC(O)CO.OCC(O)CO. The Morgan fingerprint density at radius 2 is 1.40 bits per heavy atom. The van der Waals surface area contributed by atoms with E-state index in [1.807, 2.05) is 0 Å². The zero-order valence-corrected chi connectivity index (χ0v) is 12.7. The molecular formula is C14H32O6. The number of aliphatic hydroxyl groups is 5. The van der Waals surface area contributed by atoms with Gasteiger partial charge in [-0.25, -0.2) is 0 Å². The Labute approximate surface area is 122 Å². The van der Waals surface area contributed by atoms with Crippen LogP contribution >= 0.6 is 0 Å². The van der Waals surface area contributed by atoms with Crippen molar-refractivity contribution in [2.24, 2.45) is 5.92 Å². The van der Waals surface area contributed by atoms with Crippen molar-refractivity contribution in [3.63, 3.8) is 0 Å². The lowest BCUT2D eigenvalue weighted by molar-refractivity contribution is -0.00599. The molecule has 0 radical (unpaired) electrons. The van der Waals surface area contributed by atoms with Crippen molar-refractivity contribution in [2.75, 3.05) is 33.0 Å². The standard InChI is InChI=1S/C11H24O3.C3H8O3/c1-3-5-6-10(4-2)8-14-9-11(13)7-12;4-1-3(6)2-5/h10-13H,3-9H2,1-2H3;3-6H,1-2H2. The number of unbranched alkanes of at least 4 members (excludes halogenated alkanes) is 1. The molecule has 0 saturated carbocycles. The minimum atomic E-state index is -0.954. The number of rotatable bonds is 11. The van der Waals surface area contributed by atoms with Crippen molar-refractivity contribution >= 4 is 0 Å². The van der Waals surface area contributed by atoms with Crippen LogP contribution in [0.3, 0.4) is 0 Å². The van der Waals surface area contributed by atoms with Gasteiger partial charge in [-0.1, -0.05) is 33.1 Å². The Morgan fingerprint density at radius 1 is 0.850 bits per heavy atom. The van der Waals surface area contributed by atoms with E-state index in [1.54, 1.807) is 0 Å². The Hall–Kier alpha value is -0.240. The van der Waals surface area contributed by atoms with E-state index in [2.05, 4.69) is 13.8 Å². The Bertz CT molecular complexity index is 175. The summed E-state index contributed by atoms with van der Waals surface area (Å²) in [5.41, 5.74) is 0. The molecule has 0 bridgehead atoms. The Kier molecular flexibility index (Phi) is 18.5. The van der Waals surface area contributed by atoms with E-state index in [9.17, 15) is 0 Å². The normalized spacial score (nSPS) is 13.8. The second-order valence-corrected chi connectivity index (χ2v) is 4.81. The third-order valence-electron chi connectivity index (χ3n) is 2.84. The van der Waals surface area contributed by atoms with E-state index >= 15 is 0 Å². The minimum Gasteiger partial charge on any atom is -0.394 e. The van der Waals surface area contributed by atoms with Crippen molar-refractivity contribution in [1.29, 1.82) is 0 Å². The van der Waals surface area contributed by atoms with Crippen molar-refractivity contribution in [1.82, 2.24) is 0 Å². The molecule has 0 aromatic rings. The highest BCUT2D eigenvalue weighted by molar-refractivity contribution is 4.57. The molecule has 2 atom stereocenters. The van der Waals surface area contributed by atoms with Gasteiger partial charge in [-0.3, -0.25) is 0 Å². The second kappa shape index (κ2) is 16.8. The number of ether oxygens (including phenoxy) is 1. The van der Waals surface area contributed by atoms with Crippen LogP contribution in [0.25, 0.3) is 0 Å². The first-order valence-electron chi connectivity index (χ1n) is 7.31. The van der Waals surface area contributed by atoms with E-state index in [4.69, 9.17) is 30.3 Å². The van der Waals surface area contributed by atoms with Crippen LogP contribution in [-0.2, 0) is 4.74 Å². The van der Waals surface area contributed by atoms with Gasteiger partial charge in [0.2, 0.25) is 0 Å². The van der Waals surface area contributed by atoms with Gasteiger partial charge in [0.15, 0.2) is 0 Å². The van der Waals surface area contributed by atoms with E-state index in [0.717, 1.165) is 6.42 Å². The van der Waals surface area contributed by atoms with Gasteiger partial charge < -0.3 is 30.3 Å². The zero-order chi connectivity index (χ0) is 15.8. The van der Waals surface area contributed by atoms with Crippen molar-refractivity contribution < 1.29 is 30.3 Å². The predicted octanol–water partition coefficient (Wildman–Crippen LogP) is -0.0955. The average Bonchev–Trinajstić information content (AvgIpc) is 2.49. The molecule has 0 heterocycles. The summed E-state index contributed by atoms with van der Waals surface area (Å²) in [6, 6.07) is 0. The quantitative estimate of drug-likeness (QED) is 0.364. The van der Waals surface area contributed by atoms with E-state index in [1.165, 1.54) is 19.3 Å². The van der Waals surface area contributed by atoms with Gasteiger partial charge >= 0.3 is 0 Å². The highest BCUT2D eigenvalue weighted by Crippen LogP contribution is 2.12. The molecule has 0 saturated heterocycles. The van der Waals surface area contributed by atoms with E-state index in [0.29, 0.717) is 12.5 Å². The summed E-state index contributed by atoms with van der Waals surface area (Å²) in [5, 5.41) is 41.6. The lowest BCUT2D eigenvalue weighted by Gasteiger charge is -2.15. The largest absolute Gasteiger partial charge is 0.394 e. The first-order valence-corrected chi connectivity index (χ1v) is 7.31. The second-order valence-electron chi connectivity index (χ2n) is 4.81. The lowest BCUT2D eigenvalue weighted by atomic mass is 10.0. The molecule has 124 valence electrons. The van der Waals surface area contributed by atoms with Crippen LogP contribution in [0.4, 0.5) is 0 Å². The van der Waals surface area contributed by atoms with Crippen LogP contribution in [0, 0.1) is 5.92 Å². The highest BCUT2D eigenvalue weighted by atomic mass is 16.5. The fourth-order valence-electron chi connectivity index (χ4n) is 1.38. The third kappa shape index (κ3) is 15.8. The van der Waals surface area contributed by atoms with Gasteiger partial charge in [-0.15, -0.1) is 0 Å². The summed E-state index contributed by atoms with van der Waals surface area (Å²) in [6.07, 6.45) is 3.10. The fourth-order valence-corrected chi connectivity index (χ4v) is 1.38. The maximum Gasteiger partial charge on any atom is 0.100 e. The molecule has 0 spiro atoms. The van der Waals surface area contributed by atoms with Crippen molar-refractivity contribution in [3.8, 4) is 0 Å². The number of aliphatic hydroxyl groups excluding tert-OH is 5. The summed E-state index contributed by atoms with van der Waals surface area (Å²) in [7, 11) is 0. The molecule has 0 amide bonds. The molecule has 0 aliphatic carbocycles. The van der Waals surface area contributed by atoms with Crippen LogP contribution in [0.5, 0.6) is 0 Å². The van der Waals surface area contributed by atoms with Crippen molar-refractivity contribution in [2.45, 2.75) is 51.7 Å². The molecule has 0 aromatic carbocycles. The van der Waals surface area contributed by atoms with Crippen LogP contribution < -0.4 is 0 Å². The molecule has 0 aliphatic rings. The van der Waals surface area contributed by atoms with Gasteiger partial charge in [0.05, 0.1) is 26.4 Å². The van der Waals surface area contributed by atoms with Crippen LogP contribution in [0.1, 0.15) is 39.5 Å². The number of hydrogen-bond acceptors (Lipinski definition) is 6. The molecule has 0 aromatic heterocycles. The highest BCUT2D eigenvalue weighted by Gasteiger charge is 2.07. The summed E-state index contributed by atoms with van der Waals surface area (Å²) in [6.45, 7) is 4.35. The van der Waals surface area contributed by atoms with Crippen LogP contribution in [0.2, 0.25) is 0 Å². The minimum absolute atomic E-state index is 0.217. The molecule has 6 nitrogen and oxygen atoms in total. The first kappa shape index (κ1) is 22.0. The summed E-state index contributed by atoms with van der Waals surface area (Å²) < 4.78 is 5.33. The molecule has 2 unspecified atom stereocenters. The van der Waals surface area contributed by atoms with E-state index in [-0.39, 0.29) is 26.4 Å². The predicted molar refractivity (Wildman–Crippen MR) is 77.4 cm³/mol. The topological polar surface area (TPSA) is 110 Å². The van der Waals surface area contributed by atoms with Crippen LogP contribution in [-0.4, -0.2) is 70.8 Å². The smallest absolute Gasteiger partial charge is 0.100 e. The molecule has 20 heavy (non-hydrogen) atoms. The van der Waals surface area contributed by atoms with Gasteiger partial charge in [0, 0.05) is 6.61 Å². The van der Waals surface area contributed by atoms with Gasteiger partial charge in [-0.05, 0) is 12.3 Å². The molecule has 5 N–H and O–H groups in total. The first-order chi connectivity index (χ1) is 9.55. The third-order valence-corrected chi connectivity index (χ3v) is 2.84. The molecule has 0 aliphatic heterocycles. The molecule has 6 heteroatoms. The average molecular weight is 296 g/mol. The molecular weight excluding hydrogens is 264 g/mol. The Balaban J connectivity index is 0. The van der Waals surface area contributed by atoms with Gasteiger partial charge in [-0.2, -0.15) is 0 Å². The summed E-state index contributed by atoms with van der Waals surface area (Å²) in [4.78, 5) is 0. The van der Waals surface area contributed by atoms with Crippen LogP contribution in [0.15, 0.2) is 0 Å². The van der Waals surface area contributed by atoms with E-state index < -0.39 is 12.2 Å². The maximum absolute atomic E-state index is 9.04. The zero-order valence-electron chi connectivity index (χ0n) is 12.7.